The van der Waals surface area contributed by atoms with E-state index in [-0.39, 0.29) is 12.2 Å². The van der Waals surface area contributed by atoms with Gasteiger partial charge in [0.15, 0.2) is 0 Å². The fourth-order valence-electron chi connectivity index (χ4n) is 2.61. The number of carboxylic acids is 1. The van der Waals surface area contributed by atoms with Crippen LogP contribution < -0.4 is 0 Å². The summed E-state index contributed by atoms with van der Waals surface area (Å²) >= 11 is 5.95. The topological polar surface area (TPSA) is 54.4 Å². The van der Waals surface area contributed by atoms with E-state index in [1.807, 2.05) is 19.1 Å². The summed E-state index contributed by atoms with van der Waals surface area (Å²) in [7, 11) is 0. The Labute approximate surface area is 111 Å². The number of carbonyl (C=O) groups is 2. The molecular weight excluding hydrogens is 252 g/mol. The predicted molar refractivity (Wildman–Crippen MR) is 69.0 cm³/mol. The van der Waals surface area contributed by atoms with Crippen molar-refractivity contribution in [3.05, 3.63) is 34.3 Å². The Morgan fingerprint density at radius 2 is 2.17 bits per heavy atom. The van der Waals surface area contributed by atoms with Gasteiger partial charge in [0, 0.05) is 17.9 Å². The number of benzene rings is 1. The van der Waals surface area contributed by atoms with Gasteiger partial charge in [-0.3, -0.25) is 9.59 Å². The van der Waals surface area contributed by atoms with Gasteiger partial charge in [-0.15, -0.1) is 0 Å². The van der Waals surface area contributed by atoms with Crippen LogP contribution in [0.25, 0.3) is 0 Å². The highest BCUT2D eigenvalue weighted by Crippen LogP contribution is 2.39. The van der Waals surface area contributed by atoms with Gasteiger partial charge in [-0.2, -0.15) is 0 Å². The van der Waals surface area contributed by atoms with Crippen molar-refractivity contribution in [3.8, 4) is 0 Å². The van der Waals surface area contributed by atoms with E-state index in [4.69, 9.17) is 16.7 Å². The van der Waals surface area contributed by atoms with Crippen molar-refractivity contribution in [2.75, 3.05) is 0 Å². The highest BCUT2D eigenvalue weighted by atomic mass is 35.5. The molecule has 3 nitrogen and oxygen atoms in total. The molecule has 0 saturated carbocycles. The number of aryl methyl sites for hydroxylation is 1. The van der Waals surface area contributed by atoms with E-state index in [1.165, 1.54) is 0 Å². The van der Waals surface area contributed by atoms with Gasteiger partial charge in [0.1, 0.15) is 5.78 Å². The number of halogens is 1. The first kappa shape index (κ1) is 13.1. The second-order valence-corrected chi connectivity index (χ2v) is 5.39. The summed E-state index contributed by atoms with van der Waals surface area (Å²) in [5, 5.41) is 9.46. The van der Waals surface area contributed by atoms with E-state index in [9.17, 15) is 9.59 Å². The van der Waals surface area contributed by atoms with Crippen LogP contribution in [0.4, 0.5) is 0 Å². The molecule has 1 atom stereocenters. The second-order valence-electron chi connectivity index (χ2n) is 4.95. The van der Waals surface area contributed by atoms with Crippen molar-refractivity contribution in [1.82, 2.24) is 0 Å². The van der Waals surface area contributed by atoms with Crippen LogP contribution in [0.5, 0.6) is 0 Å². The number of hydrogen-bond acceptors (Lipinski definition) is 2. The number of carbonyl (C=O) groups excluding carboxylic acids is 1. The highest BCUT2D eigenvalue weighted by Gasteiger charge is 2.39. The van der Waals surface area contributed by atoms with Crippen LogP contribution in [0.3, 0.4) is 0 Å². The molecule has 1 aromatic carbocycles. The van der Waals surface area contributed by atoms with Gasteiger partial charge >= 0.3 is 5.97 Å². The molecule has 0 heterocycles. The van der Waals surface area contributed by atoms with Crippen LogP contribution >= 0.6 is 11.6 Å². The Kier molecular flexibility index (Phi) is 3.44. The molecule has 96 valence electrons. The Balaban J connectivity index is 2.40. The molecule has 0 bridgehead atoms. The summed E-state index contributed by atoms with van der Waals surface area (Å²) in [6.07, 6.45) is 1.50. The van der Waals surface area contributed by atoms with Gasteiger partial charge in [-0.25, -0.2) is 0 Å². The average molecular weight is 267 g/mol. The molecule has 18 heavy (non-hydrogen) atoms. The van der Waals surface area contributed by atoms with Gasteiger partial charge in [0.25, 0.3) is 0 Å². The largest absolute Gasteiger partial charge is 0.481 e. The summed E-state index contributed by atoms with van der Waals surface area (Å²) in [6, 6.07) is 5.50. The molecule has 1 unspecified atom stereocenters. The minimum Gasteiger partial charge on any atom is -0.481 e. The molecule has 4 heteroatoms. The lowest BCUT2D eigenvalue weighted by Crippen LogP contribution is -2.37. The average Bonchev–Trinajstić information content (AvgIpc) is 2.32. The maximum absolute atomic E-state index is 12.2. The molecule has 1 aromatic rings. The fraction of sp³-hybridized carbons (Fsp3) is 0.429. The summed E-state index contributed by atoms with van der Waals surface area (Å²) in [4.78, 5) is 22.9. The number of carboxylic acid groups (broad SMARTS) is 1. The van der Waals surface area contributed by atoms with Crippen molar-refractivity contribution >= 4 is 23.4 Å². The molecule has 1 aliphatic rings. The lowest BCUT2D eigenvalue weighted by Gasteiger charge is -2.34. The maximum atomic E-state index is 12.2. The van der Waals surface area contributed by atoms with Crippen molar-refractivity contribution in [3.63, 3.8) is 0 Å². The summed E-state index contributed by atoms with van der Waals surface area (Å²) in [6.45, 7) is 1.84. The van der Waals surface area contributed by atoms with Crippen molar-refractivity contribution in [2.24, 2.45) is 0 Å². The minimum absolute atomic E-state index is 0.00427. The standard InChI is InChI=1S/C14H15ClO3/c1-14(7-6-13(17)18)11-4-3-10(15)8-9(11)2-5-12(14)16/h3-4,8H,2,5-7H2,1H3,(H,17,18). The van der Waals surface area contributed by atoms with E-state index in [0.717, 1.165) is 11.1 Å². The van der Waals surface area contributed by atoms with Gasteiger partial charge in [0.05, 0.1) is 5.41 Å². The van der Waals surface area contributed by atoms with Crippen LogP contribution in [0.1, 0.15) is 37.3 Å². The van der Waals surface area contributed by atoms with Crippen LogP contribution in [0.15, 0.2) is 18.2 Å². The zero-order valence-corrected chi connectivity index (χ0v) is 11.0. The SMILES string of the molecule is CC1(CCC(=O)O)C(=O)CCc2cc(Cl)ccc21. The molecule has 0 aromatic heterocycles. The molecule has 0 saturated heterocycles. The molecule has 0 amide bonds. The van der Waals surface area contributed by atoms with E-state index in [0.29, 0.717) is 24.3 Å². The van der Waals surface area contributed by atoms with Crippen LogP contribution in [0.2, 0.25) is 5.02 Å². The normalized spacial score (nSPS) is 22.7. The Morgan fingerprint density at radius 3 is 2.83 bits per heavy atom. The lowest BCUT2D eigenvalue weighted by molar-refractivity contribution is -0.137. The number of aliphatic carboxylic acids is 1. The zero-order chi connectivity index (χ0) is 13.3. The van der Waals surface area contributed by atoms with E-state index < -0.39 is 11.4 Å². The molecule has 2 rings (SSSR count). The smallest absolute Gasteiger partial charge is 0.303 e. The quantitative estimate of drug-likeness (QED) is 0.915. The van der Waals surface area contributed by atoms with Gasteiger partial charge in [-0.1, -0.05) is 17.7 Å². The highest BCUT2D eigenvalue weighted by molar-refractivity contribution is 6.30. The third-order valence-electron chi connectivity index (χ3n) is 3.74. The summed E-state index contributed by atoms with van der Waals surface area (Å²) in [5.74, 6) is -0.747. The first-order chi connectivity index (χ1) is 8.43. The molecular formula is C14H15ClO3. The van der Waals surface area contributed by atoms with Crippen LogP contribution in [0, 0.1) is 0 Å². The monoisotopic (exact) mass is 266 g/mol. The Hall–Kier alpha value is -1.35. The van der Waals surface area contributed by atoms with Gasteiger partial charge in [-0.05, 0) is 43.0 Å². The van der Waals surface area contributed by atoms with E-state index in [1.54, 1.807) is 6.07 Å². The first-order valence-electron chi connectivity index (χ1n) is 5.97. The van der Waals surface area contributed by atoms with E-state index in [2.05, 4.69) is 0 Å². The summed E-state index contributed by atoms with van der Waals surface area (Å²) < 4.78 is 0. The van der Waals surface area contributed by atoms with Crippen molar-refractivity contribution in [2.45, 2.75) is 38.0 Å². The second kappa shape index (κ2) is 4.73. The zero-order valence-electron chi connectivity index (χ0n) is 10.2. The molecule has 0 aliphatic heterocycles. The number of rotatable bonds is 3. The fourth-order valence-corrected chi connectivity index (χ4v) is 2.81. The molecule has 0 fully saturated rings. The summed E-state index contributed by atoms with van der Waals surface area (Å²) in [5.41, 5.74) is 1.32. The van der Waals surface area contributed by atoms with Crippen molar-refractivity contribution in [1.29, 1.82) is 0 Å². The lowest BCUT2D eigenvalue weighted by atomic mass is 9.68. The molecule has 1 N–H and O–H groups in total. The molecule has 0 radical (unpaired) electrons. The predicted octanol–water partition coefficient (Wildman–Crippen LogP) is 2.98. The van der Waals surface area contributed by atoms with Crippen LogP contribution in [-0.2, 0) is 21.4 Å². The number of hydrogen-bond donors (Lipinski definition) is 1. The van der Waals surface area contributed by atoms with Gasteiger partial charge in [0.2, 0.25) is 0 Å². The van der Waals surface area contributed by atoms with Crippen LogP contribution in [-0.4, -0.2) is 16.9 Å². The third kappa shape index (κ3) is 2.27. The Morgan fingerprint density at radius 1 is 1.44 bits per heavy atom. The van der Waals surface area contributed by atoms with Crippen molar-refractivity contribution < 1.29 is 14.7 Å². The molecule has 0 spiro atoms. The minimum atomic E-state index is -0.870. The van der Waals surface area contributed by atoms with Gasteiger partial charge < -0.3 is 5.11 Å². The van der Waals surface area contributed by atoms with E-state index >= 15 is 0 Å². The molecule has 1 aliphatic carbocycles. The maximum Gasteiger partial charge on any atom is 0.303 e. The third-order valence-corrected chi connectivity index (χ3v) is 3.97. The number of fused-ring (bicyclic) bond motifs is 1. The Bertz CT molecular complexity index is 510. The first-order valence-corrected chi connectivity index (χ1v) is 6.35. The number of ketones is 1. The number of Topliss-reactive ketones (excluding diaryl/α,β-unsaturated/α-hetero) is 1.